The van der Waals surface area contributed by atoms with Crippen LogP contribution < -0.4 is 0 Å². The summed E-state index contributed by atoms with van der Waals surface area (Å²) in [4.78, 5) is 2.29. The number of aliphatic hydroxyl groups is 1. The van der Waals surface area contributed by atoms with Gasteiger partial charge >= 0.3 is 0 Å². The minimum absolute atomic E-state index is 0.105. The van der Waals surface area contributed by atoms with E-state index in [-0.39, 0.29) is 11.9 Å². The molecule has 0 aromatic heterocycles. The van der Waals surface area contributed by atoms with Gasteiger partial charge in [-0.25, -0.2) is 4.39 Å². The number of benzene rings is 1. The number of nitrogens with zero attached hydrogens (tertiary/aromatic N) is 1. The Kier molecular flexibility index (Phi) is 3.56. The maximum absolute atomic E-state index is 12.8. The van der Waals surface area contributed by atoms with Crippen LogP contribution in [0, 0.1) is 5.82 Å². The smallest absolute Gasteiger partial charge is 0.123 e. The molecule has 0 radical (unpaired) electrons. The maximum Gasteiger partial charge on any atom is 0.123 e. The van der Waals surface area contributed by atoms with E-state index in [9.17, 15) is 9.50 Å². The molecular formula is C13H18FNO. The van der Waals surface area contributed by atoms with Crippen molar-refractivity contribution in [3.63, 3.8) is 0 Å². The molecule has 0 saturated carbocycles. The number of halogens is 1. The Morgan fingerprint density at radius 1 is 1.19 bits per heavy atom. The van der Waals surface area contributed by atoms with Crippen LogP contribution in [0.25, 0.3) is 0 Å². The molecule has 1 aromatic carbocycles. The van der Waals surface area contributed by atoms with E-state index in [1.165, 1.54) is 25.0 Å². The van der Waals surface area contributed by atoms with Crippen molar-refractivity contribution in [2.45, 2.75) is 31.9 Å². The molecular weight excluding hydrogens is 205 g/mol. The van der Waals surface area contributed by atoms with Crippen LogP contribution in [0.2, 0.25) is 0 Å². The highest BCUT2D eigenvalue weighted by molar-refractivity contribution is 5.19. The van der Waals surface area contributed by atoms with Gasteiger partial charge in [-0.1, -0.05) is 12.1 Å². The van der Waals surface area contributed by atoms with Gasteiger partial charge in [0, 0.05) is 6.04 Å². The average molecular weight is 223 g/mol. The molecule has 0 unspecified atom stereocenters. The molecule has 1 saturated heterocycles. The first-order chi connectivity index (χ1) is 7.68. The fourth-order valence-electron chi connectivity index (χ4n) is 2.29. The number of hydrogen-bond acceptors (Lipinski definition) is 2. The van der Waals surface area contributed by atoms with Gasteiger partial charge in [0.1, 0.15) is 5.82 Å². The first-order valence-corrected chi connectivity index (χ1v) is 5.86. The summed E-state index contributed by atoms with van der Waals surface area (Å²) >= 11 is 0. The monoisotopic (exact) mass is 223 g/mol. The van der Waals surface area contributed by atoms with Crippen molar-refractivity contribution >= 4 is 0 Å². The third kappa shape index (κ3) is 2.42. The van der Waals surface area contributed by atoms with Crippen LogP contribution in [0.3, 0.4) is 0 Å². The van der Waals surface area contributed by atoms with E-state index in [1.807, 2.05) is 6.92 Å². The number of aliphatic hydroxyl groups excluding tert-OH is 1. The Bertz CT molecular complexity index is 332. The second kappa shape index (κ2) is 4.93. The normalized spacial score (nSPS) is 20.9. The highest BCUT2D eigenvalue weighted by Gasteiger charge is 2.25. The van der Waals surface area contributed by atoms with E-state index in [0.29, 0.717) is 0 Å². The zero-order valence-electron chi connectivity index (χ0n) is 9.56. The second-order valence-corrected chi connectivity index (χ2v) is 4.48. The fraction of sp³-hybridized carbons (Fsp3) is 0.538. The van der Waals surface area contributed by atoms with Gasteiger partial charge in [-0.3, -0.25) is 4.90 Å². The summed E-state index contributed by atoms with van der Waals surface area (Å²) in [7, 11) is 0. The highest BCUT2D eigenvalue weighted by atomic mass is 19.1. The molecule has 2 nitrogen and oxygen atoms in total. The van der Waals surface area contributed by atoms with E-state index >= 15 is 0 Å². The summed E-state index contributed by atoms with van der Waals surface area (Å²) in [5.74, 6) is -0.259. The Morgan fingerprint density at radius 2 is 1.75 bits per heavy atom. The van der Waals surface area contributed by atoms with Crippen molar-refractivity contribution in [1.82, 2.24) is 4.90 Å². The minimum Gasteiger partial charge on any atom is -0.387 e. The SMILES string of the molecule is C[C@H]([C@H](O)c1ccc(F)cc1)N1CCCC1. The maximum atomic E-state index is 12.8. The van der Waals surface area contributed by atoms with Gasteiger partial charge in [0.2, 0.25) is 0 Å². The van der Waals surface area contributed by atoms with Crippen molar-refractivity contribution in [3.05, 3.63) is 35.6 Å². The van der Waals surface area contributed by atoms with Crippen molar-refractivity contribution in [2.24, 2.45) is 0 Å². The Balaban J connectivity index is 2.05. The first kappa shape index (κ1) is 11.6. The predicted molar refractivity (Wildman–Crippen MR) is 61.6 cm³/mol. The first-order valence-electron chi connectivity index (χ1n) is 5.86. The van der Waals surface area contributed by atoms with Gasteiger partial charge in [0.15, 0.2) is 0 Å². The Hall–Kier alpha value is -0.930. The molecule has 0 amide bonds. The van der Waals surface area contributed by atoms with Crippen LogP contribution in [0.1, 0.15) is 31.4 Å². The summed E-state index contributed by atoms with van der Waals surface area (Å²) in [6.45, 7) is 4.14. The molecule has 3 heteroatoms. The summed E-state index contributed by atoms with van der Waals surface area (Å²) < 4.78 is 12.8. The summed E-state index contributed by atoms with van der Waals surface area (Å²) in [5.41, 5.74) is 0.792. The molecule has 88 valence electrons. The summed E-state index contributed by atoms with van der Waals surface area (Å²) in [5, 5.41) is 10.2. The zero-order chi connectivity index (χ0) is 11.5. The van der Waals surface area contributed by atoms with Crippen molar-refractivity contribution in [2.75, 3.05) is 13.1 Å². The van der Waals surface area contributed by atoms with Gasteiger partial charge in [0.25, 0.3) is 0 Å². The number of rotatable bonds is 3. The Labute approximate surface area is 95.7 Å². The molecule has 2 atom stereocenters. The summed E-state index contributed by atoms with van der Waals surface area (Å²) in [6, 6.07) is 6.22. The highest BCUT2D eigenvalue weighted by Crippen LogP contribution is 2.23. The third-order valence-electron chi connectivity index (χ3n) is 3.39. The van der Waals surface area contributed by atoms with E-state index in [4.69, 9.17) is 0 Å². The lowest BCUT2D eigenvalue weighted by Crippen LogP contribution is -2.35. The molecule has 16 heavy (non-hydrogen) atoms. The van der Waals surface area contributed by atoms with E-state index < -0.39 is 6.10 Å². The standard InChI is InChI=1S/C13H18FNO/c1-10(15-8-2-3-9-15)13(16)11-4-6-12(14)7-5-11/h4-7,10,13,16H,2-3,8-9H2,1H3/t10-,13+/m1/s1. The van der Waals surface area contributed by atoms with Crippen LogP contribution in [-0.2, 0) is 0 Å². The van der Waals surface area contributed by atoms with Crippen molar-refractivity contribution in [1.29, 1.82) is 0 Å². The van der Waals surface area contributed by atoms with E-state index in [2.05, 4.69) is 4.90 Å². The topological polar surface area (TPSA) is 23.5 Å². The number of hydrogen-bond donors (Lipinski definition) is 1. The molecule has 0 spiro atoms. The van der Waals surface area contributed by atoms with Gasteiger partial charge in [-0.15, -0.1) is 0 Å². The van der Waals surface area contributed by atoms with Crippen LogP contribution in [0.4, 0.5) is 4.39 Å². The quantitative estimate of drug-likeness (QED) is 0.850. The predicted octanol–water partition coefficient (Wildman–Crippen LogP) is 2.34. The van der Waals surface area contributed by atoms with Crippen LogP contribution in [-0.4, -0.2) is 29.1 Å². The third-order valence-corrected chi connectivity index (χ3v) is 3.39. The molecule has 1 aliphatic rings. The van der Waals surface area contributed by atoms with Gasteiger partial charge < -0.3 is 5.11 Å². The van der Waals surface area contributed by atoms with E-state index in [0.717, 1.165) is 18.7 Å². The second-order valence-electron chi connectivity index (χ2n) is 4.48. The van der Waals surface area contributed by atoms with Crippen molar-refractivity contribution in [3.8, 4) is 0 Å². The van der Waals surface area contributed by atoms with Gasteiger partial charge in [-0.2, -0.15) is 0 Å². The molecule has 2 rings (SSSR count). The molecule has 0 bridgehead atoms. The van der Waals surface area contributed by atoms with Crippen molar-refractivity contribution < 1.29 is 9.50 Å². The van der Waals surface area contributed by atoms with E-state index in [1.54, 1.807) is 12.1 Å². The van der Waals surface area contributed by atoms with Crippen LogP contribution >= 0.6 is 0 Å². The minimum atomic E-state index is -0.529. The molecule has 1 heterocycles. The zero-order valence-corrected chi connectivity index (χ0v) is 9.56. The molecule has 1 fully saturated rings. The number of likely N-dealkylation sites (tertiary alicyclic amines) is 1. The van der Waals surface area contributed by atoms with Crippen LogP contribution in [0.15, 0.2) is 24.3 Å². The van der Waals surface area contributed by atoms with Gasteiger partial charge in [-0.05, 0) is 50.6 Å². The Morgan fingerprint density at radius 3 is 2.31 bits per heavy atom. The average Bonchev–Trinajstić information content (AvgIpc) is 2.81. The molecule has 1 aromatic rings. The lowest BCUT2D eigenvalue weighted by molar-refractivity contribution is 0.0715. The summed E-state index contributed by atoms with van der Waals surface area (Å²) in [6.07, 6.45) is 1.89. The largest absolute Gasteiger partial charge is 0.387 e. The lowest BCUT2D eigenvalue weighted by Gasteiger charge is -2.28. The molecule has 1 N–H and O–H groups in total. The fourth-order valence-corrected chi connectivity index (χ4v) is 2.29. The molecule has 1 aliphatic heterocycles. The van der Waals surface area contributed by atoms with Gasteiger partial charge in [0.05, 0.1) is 6.10 Å². The lowest BCUT2D eigenvalue weighted by atomic mass is 10.0. The molecule has 0 aliphatic carbocycles. The van der Waals surface area contributed by atoms with Crippen LogP contribution in [0.5, 0.6) is 0 Å².